The van der Waals surface area contributed by atoms with Gasteiger partial charge in [0.05, 0.1) is 17.1 Å². The largest absolute Gasteiger partial charge is 0.480 e. The average molecular weight is 578 g/mol. The van der Waals surface area contributed by atoms with Crippen molar-refractivity contribution in [3.8, 4) is 11.9 Å². The van der Waals surface area contributed by atoms with E-state index in [4.69, 9.17) is 24.2 Å². The fourth-order valence-corrected chi connectivity index (χ4v) is 5.97. The number of methoxy groups -OCH3 is 1. The van der Waals surface area contributed by atoms with Gasteiger partial charge in [0.1, 0.15) is 17.7 Å². The fraction of sp³-hybridized carbons (Fsp3) is 0.692. The number of fused-ring (bicyclic) bond motifs is 1. The van der Waals surface area contributed by atoms with Crippen LogP contribution >= 0.6 is 15.9 Å². The second-order valence-electron chi connectivity index (χ2n) is 11.6. The van der Waals surface area contributed by atoms with E-state index in [0.717, 1.165) is 62.3 Å². The Labute approximate surface area is 226 Å². The van der Waals surface area contributed by atoms with E-state index in [1.54, 1.807) is 7.11 Å². The summed E-state index contributed by atoms with van der Waals surface area (Å²) in [7, 11) is 3.74. The first kappa shape index (κ1) is 26.2. The molecule has 2 aromatic heterocycles. The third-order valence-corrected chi connectivity index (χ3v) is 8.22. The van der Waals surface area contributed by atoms with E-state index in [0.29, 0.717) is 35.6 Å². The molecular weight excluding hydrogens is 540 g/mol. The quantitative estimate of drug-likeness (QED) is 0.521. The van der Waals surface area contributed by atoms with Gasteiger partial charge in [0.2, 0.25) is 5.88 Å². The minimum Gasteiger partial charge on any atom is -0.480 e. The number of hydrogen-bond donors (Lipinski definition) is 0. The number of rotatable bonds is 5. The molecule has 0 N–H and O–H groups in total. The molecule has 0 aliphatic carbocycles. The number of likely N-dealkylation sites (N-methyl/N-ethyl adjacent to an activating group) is 1. The summed E-state index contributed by atoms with van der Waals surface area (Å²) in [5.74, 6) is 1.27. The number of halogens is 1. The first-order chi connectivity index (χ1) is 17.6. The molecule has 0 bridgehead atoms. The number of anilines is 1. The summed E-state index contributed by atoms with van der Waals surface area (Å²) in [5.41, 5.74) is 1.07. The molecule has 5 rings (SSSR count). The molecule has 10 nitrogen and oxygen atoms in total. The molecule has 202 valence electrons. The minimum atomic E-state index is -0.479. The van der Waals surface area contributed by atoms with Crippen molar-refractivity contribution < 1.29 is 19.0 Å². The lowest BCUT2D eigenvalue weighted by Crippen LogP contribution is -2.62. The maximum absolute atomic E-state index is 12.4. The average Bonchev–Trinajstić information content (AvgIpc) is 3.23. The Bertz CT molecular complexity index is 1160. The van der Waals surface area contributed by atoms with E-state index >= 15 is 0 Å². The molecule has 3 aliphatic heterocycles. The number of aromatic nitrogens is 3. The van der Waals surface area contributed by atoms with Gasteiger partial charge in [0, 0.05) is 37.6 Å². The summed E-state index contributed by atoms with van der Waals surface area (Å²) in [6.45, 7) is 10.5. The fourth-order valence-electron chi connectivity index (χ4n) is 5.50. The molecule has 1 atom stereocenters. The van der Waals surface area contributed by atoms with Gasteiger partial charge < -0.3 is 28.9 Å². The third-order valence-electron chi connectivity index (χ3n) is 7.65. The Morgan fingerprint density at radius 1 is 1.16 bits per heavy atom. The third kappa shape index (κ3) is 5.57. The van der Waals surface area contributed by atoms with Gasteiger partial charge in [-0.3, -0.25) is 0 Å². The predicted octanol–water partition coefficient (Wildman–Crippen LogP) is 4.11. The van der Waals surface area contributed by atoms with Crippen LogP contribution in [0.4, 0.5) is 10.6 Å². The number of piperidine rings is 1. The Morgan fingerprint density at radius 2 is 1.89 bits per heavy atom. The maximum atomic E-state index is 12.4. The summed E-state index contributed by atoms with van der Waals surface area (Å²) in [6.07, 6.45) is 4.02. The molecule has 37 heavy (non-hydrogen) atoms. The topological polar surface area (TPSA) is 93.2 Å². The Morgan fingerprint density at radius 3 is 2.51 bits per heavy atom. The van der Waals surface area contributed by atoms with Crippen LogP contribution in [0.25, 0.3) is 11.0 Å². The molecule has 2 aromatic rings. The Hall–Kier alpha value is -2.40. The van der Waals surface area contributed by atoms with Gasteiger partial charge in [-0.25, -0.2) is 9.78 Å². The van der Waals surface area contributed by atoms with Crippen LogP contribution in [0.3, 0.4) is 0 Å². The molecule has 3 saturated heterocycles. The second-order valence-corrected chi connectivity index (χ2v) is 12.4. The molecule has 3 fully saturated rings. The van der Waals surface area contributed by atoms with Gasteiger partial charge in [-0.15, -0.1) is 0 Å². The number of amides is 1. The zero-order valence-corrected chi connectivity index (χ0v) is 24.0. The van der Waals surface area contributed by atoms with Crippen molar-refractivity contribution in [3.63, 3.8) is 0 Å². The van der Waals surface area contributed by atoms with Gasteiger partial charge in [-0.05, 0) is 82.0 Å². The van der Waals surface area contributed by atoms with Crippen molar-refractivity contribution >= 4 is 38.9 Å². The zero-order valence-electron chi connectivity index (χ0n) is 22.4. The first-order valence-corrected chi connectivity index (χ1v) is 13.8. The van der Waals surface area contributed by atoms with Crippen LogP contribution in [0.5, 0.6) is 11.9 Å². The zero-order chi connectivity index (χ0) is 26.4. The smallest absolute Gasteiger partial charge is 0.410 e. The molecule has 11 heteroatoms. The van der Waals surface area contributed by atoms with E-state index in [1.807, 2.05) is 31.7 Å². The summed E-state index contributed by atoms with van der Waals surface area (Å²) < 4.78 is 17.9. The molecule has 3 aliphatic rings. The van der Waals surface area contributed by atoms with Crippen LogP contribution in [0.2, 0.25) is 0 Å². The van der Waals surface area contributed by atoms with E-state index in [1.165, 1.54) is 6.42 Å². The number of nitrogens with zero attached hydrogens (tertiary/aromatic N) is 6. The second kappa shape index (κ2) is 10.1. The highest BCUT2D eigenvalue weighted by atomic mass is 79.9. The van der Waals surface area contributed by atoms with Crippen molar-refractivity contribution in [2.45, 2.75) is 58.1 Å². The van der Waals surface area contributed by atoms with Crippen molar-refractivity contribution in [2.75, 3.05) is 58.4 Å². The van der Waals surface area contributed by atoms with E-state index in [2.05, 4.69) is 37.8 Å². The number of carbonyl (C=O) groups is 1. The molecule has 0 saturated carbocycles. The number of carbonyl (C=O) groups excluding carboxylic acids is 1. The van der Waals surface area contributed by atoms with Crippen molar-refractivity contribution in [2.24, 2.45) is 5.41 Å². The van der Waals surface area contributed by atoms with E-state index < -0.39 is 5.60 Å². The minimum absolute atomic E-state index is 0.136. The van der Waals surface area contributed by atoms with Crippen LogP contribution in [0.15, 0.2) is 10.5 Å². The SMILES string of the molecule is COc1nc2c(N3CCC4(CC3)CN(C(=O)OC(C)(C)C)C4)nc(OC[C@@H]3CCCN3C)nc2cc1Br. The number of pyridine rings is 1. The molecular formula is C26H37BrN6O4. The molecule has 0 radical (unpaired) electrons. The summed E-state index contributed by atoms with van der Waals surface area (Å²) in [4.78, 5) is 33.1. The standard InChI is InChI=1S/C26H37BrN6O4/c1-25(2,3)37-24(34)33-15-26(16-33)8-11-32(12-9-26)21-20-19(13-18(27)22(29-20)35-5)28-23(30-21)36-14-17-7-6-10-31(17)4/h13,17H,6-12,14-16H2,1-5H3/t17-/m0/s1. The Balaban J connectivity index is 1.32. The van der Waals surface area contributed by atoms with Gasteiger partial charge in [-0.2, -0.15) is 9.97 Å². The number of likely N-dealkylation sites (tertiary alicyclic amines) is 2. The van der Waals surface area contributed by atoms with Crippen LogP contribution in [-0.4, -0.2) is 96.0 Å². The maximum Gasteiger partial charge on any atom is 0.410 e. The van der Waals surface area contributed by atoms with Crippen molar-refractivity contribution in [1.82, 2.24) is 24.8 Å². The molecule has 0 unspecified atom stereocenters. The highest BCUT2D eigenvalue weighted by Gasteiger charge is 2.48. The molecule has 0 aromatic carbocycles. The molecule has 1 amide bonds. The number of ether oxygens (including phenoxy) is 3. The summed E-state index contributed by atoms with van der Waals surface area (Å²) in [6, 6.07) is 2.67. The van der Waals surface area contributed by atoms with Crippen molar-refractivity contribution in [3.05, 3.63) is 10.5 Å². The van der Waals surface area contributed by atoms with Gasteiger partial charge in [-0.1, -0.05) is 0 Å². The highest BCUT2D eigenvalue weighted by molar-refractivity contribution is 9.10. The lowest BCUT2D eigenvalue weighted by atomic mass is 9.72. The van der Waals surface area contributed by atoms with Gasteiger partial charge in [0.25, 0.3) is 0 Å². The van der Waals surface area contributed by atoms with Gasteiger partial charge >= 0.3 is 12.1 Å². The number of hydrogen-bond acceptors (Lipinski definition) is 9. The van der Waals surface area contributed by atoms with Crippen LogP contribution in [-0.2, 0) is 4.74 Å². The van der Waals surface area contributed by atoms with Crippen LogP contribution < -0.4 is 14.4 Å². The summed E-state index contributed by atoms with van der Waals surface area (Å²) in [5, 5.41) is 0. The summed E-state index contributed by atoms with van der Waals surface area (Å²) >= 11 is 3.54. The normalized spacial score (nSPS) is 21.8. The first-order valence-electron chi connectivity index (χ1n) is 13.0. The highest BCUT2D eigenvalue weighted by Crippen LogP contribution is 2.43. The predicted molar refractivity (Wildman–Crippen MR) is 144 cm³/mol. The van der Waals surface area contributed by atoms with E-state index in [9.17, 15) is 4.79 Å². The lowest BCUT2D eigenvalue weighted by molar-refractivity contribution is -0.0434. The van der Waals surface area contributed by atoms with Crippen LogP contribution in [0.1, 0.15) is 46.5 Å². The molecule has 1 spiro atoms. The van der Waals surface area contributed by atoms with Crippen molar-refractivity contribution in [1.29, 1.82) is 0 Å². The van der Waals surface area contributed by atoms with E-state index in [-0.39, 0.29) is 11.5 Å². The van der Waals surface area contributed by atoms with Crippen LogP contribution in [0, 0.1) is 5.41 Å². The Kier molecular flexibility index (Phi) is 7.12. The van der Waals surface area contributed by atoms with Gasteiger partial charge in [0.15, 0.2) is 5.82 Å². The monoisotopic (exact) mass is 576 g/mol. The lowest BCUT2D eigenvalue weighted by Gasteiger charge is -2.53. The molecule has 5 heterocycles.